The number of hydrogen-bond acceptors (Lipinski definition) is 4. The summed E-state index contributed by atoms with van der Waals surface area (Å²) in [4.78, 5) is 0. The number of phenolic OH excluding ortho intramolecular Hbond substituents is 1. The average molecular weight is 293 g/mol. The average Bonchev–Trinajstić information content (AvgIpc) is 2.48. The largest absolute Gasteiger partial charge is 0.506 e. The third kappa shape index (κ3) is 3.61. The summed E-state index contributed by atoms with van der Waals surface area (Å²) in [6.45, 7) is 7.38. The summed E-state index contributed by atoms with van der Waals surface area (Å²) in [7, 11) is 0. The molecule has 112 valence electrons. The van der Waals surface area contributed by atoms with Gasteiger partial charge in [-0.1, -0.05) is 30.3 Å². The molecule has 0 saturated carbocycles. The molecule has 0 aliphatic carbocycles. The van der Waals surface area contributed by atoms with Crippen LogP contribution in [0.5, 0.6) is 5.75 Å². The quantitative estimate of drug-likeness (QED) is 0.434. The summed E-state index contributed by atoms with van der Waals surface area (Å²) in [6.07, 6.45) is 4.91. The molecule has 22 heavy (non-hydrogen) atoms. The van der Waals surface area contributed by atoms with E-state index in [1.807, 2.05) is 31.2 Å². The third-order valence-corrected chi connectivity index (χ3v) is 3.17. The maximum absolute atomic E-state index is 10.1. The molecular weight excluding hydrogens is 274 g/mol. The van der Waals surface area contributed by atoms with Gasteiger partial charge in [-0.3, -0.25) is 5.43 Å². The summed E-state index contributed by atoms with van der Waals surface area (Å²) < 4.78 is 0. The van der Waals surface area contributed by atoms with Crippen LogP contribution in [0.25, 0.3) is 10.8 Å². The molecule has 0 radical (unpaired) electrons. The molecule has 0 aliphatic rings. The highest BCUT2D eigenvalue weighted by Crippen LogP contribution is 2.33. The highest BCUT2D eigenvalue weighted by molar-refractivity contribution is 6.08. The number of rotatable bonds is 5. The van der Waals surface area contributed by atoms with E-state index in [0.29, 0.717) is 17.1 Å². The fourth-order valence-corrected chi connectivity index (χ4v) is 2.02. The van der Waals surface area contributed by atoms with Gasteiger partial charge in [-0.05, 0) is 49.6 Å². The van der Waals surface area contributed by atoms with Gasteiger partial charge in [-0.2, -0.15) is 5.10 Å². The van der Waals surface area contributed by atoms with Crippen molar-refractivity contribution in [2.24, 2.45) is 5.10 Å². The lowest BCUT2D eigenvalue weighted by Crippen LogP contribution is -1.97. The zero-order valence-electron chi connectivity index (χ0n) is 12.7. The second kappa shape index (κ2) is 6.72. The SMILES string of the molecule is C=CC(C=CC(C)=N)=NNc1c(O)ccc2ccc(C)cc12. The number of hydrazone groups is 1. The molecule has 0 saturated heterocycles. The van der Waals surface area contributed by atoms with Gasteiger partial charge in [-0.15, -0.1) is 0 Å². The smallest absolute Gasteiger partial charge is 0.141 e. The molecule has 4 nitrogen and oxygen atoms in total. The monoisotopic (exact) mass is 293 g/mol. The first-order valence-corrected chi connectivity index (χ1v) is 6.93. The molecule has 0 unspecified atom stereocenters. The molecule has 0 bridgehead atoms. The maximum Gasteiger partial charge on any atom is 0.141 e. The number of phenols is 1. The normalized spacial score (nSPS) is 11.8. The summed E-state index contributed by atoms with van der Waals surface area (Å²) >= 11 is 0. The van der Waals surface area contributed by atoms with Crippen molar-refractivity contribution in [1.29, 1.82) is 5.41 Å². The Balaban J connectivity index is 2.42. The van der Waals surface area contributed by atoms with Crippen LogP contribution < -0.4 is 5.43 Å². The predicted octanol–water partition coefficient (Wildman–Crippen LogP) is 4.40. The molecule has 2 aromatic rings. The highest BCUT2D eigenvalue weighted by atomic mass is 16.3. The fourth-order valence-electron chi connectivity index (χ4n) is 2.02. The number of aromatic hydroxyl groups is 1. The van der Waals surface area contributed by atoms with E-state index in [4.69, 9.17) is 5.41 Å². The third-order valence-electron chi connectivity index (χ3n) is 3.17. The van der Waals surface area contributed by atoms with Crippen LogP contribution >= 0.6 is 0 Å². The van der Waals surface area contributed by atoms with Crippen molar-refractivity contribution in [2.75, 3.05) is 5.43 Å². The number of nitrogens with zero attached hydrogens (tertiary/aromatic N) is 1. The number of allylic oxidation sites excluding steroid dienone is 3. The van der Waals surface area contributed by atoms with Crippen molar-refractivity contribution in [3.05, 3.63) is 60.7 Å². The fraction of sp³-hybridized carbons (Fsp3) is 0.111. The van der Waals surface area contributed by atoms with Crippen LogP contribution in [0.4, 0.5) is 5.69 Å². The van der Waals surface area contributed by atoms with Crippen molar-refractivity contribution < 1.29 is 5.11 Å². The zero-order valence-corrected chi connectivity index (χ0v) is 12.7. The van der Waals surface area contributed by atoms with E-state index in [-0.39, 0.29) is 5.75 Å². The van der Waals surface area contributed by atoms with E-state index >= 15 is 0 Å². The summed E-state index contributed by atoms with van der Waals surface area (Å²) in [5, 5.41) is 23.6. The van der Waals surface area contributed by atoms with Crippen molar-refractivity contribution in [2.45, 2.75) is 13.8 Å². The summed E-state index contributed by atoms with van der Waals surface area (Å²) in [5.41, 5.74) is 5.57. The summed E-state index contributed by atoms with van der Waals surface area (Å²) in [5.74, 6) is 0.137. The molecule has 0 spiro atoms. The van der Waals surface area contributed by atoms with E-state index in [1.54, 1.807) is 31.2 Å². The van der Waals surface area contributed by atoms with Crippen molar-refractivity contribution in [3.8, 4) is 5.75 Å². The lowest BCUT2D eigenvalue weighted by atomic mass is 10.1. The second-order valence-electron chi connectivity index (χ2n) is 5.05. The van der Waals surface area contributed by atoms with Gasteiger partial charge < -0.3 is 10.5 Å². The van der Waals surface area contributed by atoms with Gasteiger partial charge >= 0.3 is 0 Å². The first kappa shape index (κ1) is 15.5. The van der Waals surface area contributed by atoms with Crippen LogP contribution in [0, 0.1) is 12.3 Å². The van der Waals surface area contributed by atoms with Crippen LogP contribution in [-0.4, -0.2) is 16.5 Å². The van der Waals surface area contributed by atoms with Crippen molar-refractivity contribution in [3.63, 3.8) is 0 Å². The lowest BCUT2D eigenvalue weighted by molar-refractivity contribution is 0.478. The Labute approximate surface area is 130 Å². The van der Waals surface area contributed by atoms with Crippen LogP contribution in [0.1, 0.15) is 12.5 Å². The maximum atomic E-state index is 10.1. The molecule has 0 aromatic heterocycles. The first-order chi connectivity index (χ1) is 10.5. The Hall–Kier alpha value is -2.88. The first-order valence-electron chi connectivity index (χ1n) is 6.93. The molecule has 0 aliphatic heterocycles. The van der Waals surface area contributed by atoms with Gasteiger partial charge in [-0.25, -0.2) is 0 Å². The minimum Gasteiger partial charge on any atom is -0.506 e. The van der Waals surface area contributed by atoms with Gasteiger partial charge in [0, 0.05) is 11.1 Å². The Morgan fingerprint density at radius 1 is 1.27 bits per heavy atom. The van der Waals surface area contributed by atoms with E-state index in [1.165, 1.54) is 0 Å². The van der Waals surface area contributed by atoms with E-state index < -0.39 is 0 Å². The molecular formula is C18H19N3O. The standard InChI is InChI=1S/C18H19N3O/c1-4-15(9-6-13(3)19)20-21-18-16-11-12(2)5-7-14(16)8-10-17(18)22/h4-11,19,21-22H,1H2,2-3H3. The molecule has 4 heteroatoms. The Morgan fingerprint density at radius 2 is 2.00 bits per heavy atom. The molecule has 3 N–H and O–H groups in total. The number of aryl methyl sites for hydroxylation is 1. The lowest BCUT2D eigenvalue weighted by Gasteiger charge is -2.09. The zero-order chi connectivity index (χ0) is 16.1. The van der Waals surface area contributed by atoms with Crippen LogP contribution in [0.3, 0.4) is 0 Å². The summed E-state index contributed by atoms with van der Waals surface area (Å²) in [6, 6.07) is 9.54. The Bertz CT molecular complexity index is 783. The topological polar surface area (TPSA) is 68.5 Å². The molecule has 2 aromatic carbocycles. The van der Waals surface area contributed by atoms with Crippen molar-refractivity contribution in [1.82, 2.24) is 0 Å². The van der Waals surface area contributed by atoms with E-state index in [9.17, 15) is 5.11 Å². The predicted molar refractivity (Wildman–Crippen MR) is 94.1 cm³/mol. The molecule has 2 rings (SSSR count). The number of anilines is 1. The minimum absolute atomic E-state index is 0.137. The van der Waals surface area contributed by atoms with E-state index in [2.05, 4.69) is 17.1 Å². The van der Waals surface area contributed by atoms with Crippen LogP contribution in [0.2, 0.25) is 0 Å². The van der Waals surface area contributed by atoms with Gasteiger partial charge in [0.15, 0.2) is 0 Å². The molecule has 0 atom stereocenters. The van der Waals surface area contributed by atoms with E-state index in [0.717, 1.165) is 16.3 Å². The van der Waals surface area contributed by atoms with Gasteiger partial charge in [0.1, 0.15) is 11.4 Å². The number of benzene rings is 2. The number of fused-ring (bicyclic) bond motifs is 1. The second-order valence-corrected chi connectivity index (χ2v) is 5.05. The van der Waals surface area contributed by atoms with Crippen LogP contribution in [-0.2, 0) is 0 Å². The van der Waals surface area contributed by atoms with Gasteiger partial charge in [0.05, 0.1) is 5.71 Å². The van der Waals surface area contributed by atoms with Crippen LogP contribution in [0.15, 0.2) is 60.2 Å². The molecule has 0 amide bonds. The highest BCUT2D eigenvalue weighted by Gasteiger charge is 2.06. The Morgan fingerprint density at radius 3 is 2.68 bits per heavy atom. The minimum atomic E-state index is 0.137. The van der Waals surface area contributed by atoms with Gasteiger partial charge in [0.25, 0.3) is 0 Å². The number of hydrogen-bond donors (Lipinski definition) is 3. The number of nitrogens with one attached hydrogen (secondary N) is 2. The molecule has 0 heterocycles. The Kier molecular flexibility index (Phi) is 4.73. The van der Waals surface area contributed by atoms with Crippen molar-refractivity contribution >= 4 is 27.9 Å². The molecule has 0 fully saturated rings. The van der Waals surface area contributed by atoms with Gasteiger partial charge in [0.2, 0.25) is 0 Å².